The average Bonchev–Trinajstić information content (AvgIpc) is 2.82. The minimum Gasteiger partial charge on any atom is -0.459 e. The number of esters is 1. The Labute approximate surface area is 109 Å². The van der Waals surface area contributed by atoms with Crippen LogP contribution in [-0.2, 0) is 4.74 Å². The van der Waals surface area contributed by atoms with Gasteiger partial charge in [-0.25, -0.2) is 4.79 Å². The molecular formula is C15H21NO2. The van der Waals surface area contributed by atoms with Gasteiger partial charge in [0.1, 0.15) is 0 Å². The Balaban J connectivity index is 1.94. The van der Waals surface area contributed by atoms with E-state index in [1.54, 1.807) is 0 Å². The van der Waals surface area contributed by atoms with Crippen molar-refractivity contribution >= 4 is 11.7 Å². The van der Waals surface area contributed by atoms with Gasteiger partial charge in [-0.2, -0.15) is 0 Å². The summed E-state index contributed by atoms with van der Waals surface area (Å²) < 4.78 is 5.15. The van der Waals surface area contributed by atoms with Gasteiger partial charge >= 0.3 is 5.97 Å². The molecular weight excluding hydrogens is 226 g/mol. The second-order valence-electron chi connectivity index (χ2n) is 5.16. The van der Waals surface area contributed by atoms with Crippen molar-refractivity contribution in [2.45, 2.75) is 51.7 Å². The quantitative estimate of drug-likeness (QED) is 0.826. The van der Waals surface area contributed by atoms with Crippen molar-refractivity contribution in [3.05, 3.63) is 29.8 Å². The molecule has 1 N–H and O–H groups in total. The highest BCUT2D eigenvalue weighted by atomic mass is 16.5. The van der Waals surface area contributed by atoms with Crippen LogP contribution in [0.3, 0.4) is 0 Å². The smallest absolute Gasteiger partial charge is 0.338 e. The van der Waals surface area contributed by atoms with Crippen LogP contribution < -0.4 is 5.32 Å². The van der Waals surface area contributed by atoms with E-state index in [1.807, 2.05) is 38.1 Å². The van der Waals surface area contributed by atoms with Crippen LogP contribution in [0.15, 0.2) is 24.3 Å². The van der Waals surface area contributed by atoms with Gasteiger partial charge < -0.3 is 10.1 Å². The minimum atomic E-state index is -0.252. The molecule has 3 nitrogen and oxygen atoms in total. The SMILES string of the molecule is CC(C)OC(=O)c1ccc(NC2CCCC2)cc1. The van der Waals surface area contributed by atoms with Gasteiger partial charge in [0.25, 0.3) is 0 Å². The van der Waals surface area contributed by atoms with Crippen molar-refractivity contribution in [3.63, 3.8) is 0 Å². The van der Waals surface area contributed by atoms with E-state index in [0.717, 1.165) is 5.69 Å². The summed E-state index contributed by atoms with van der Waals surface area (Å²) in [4.78, 5) is 11.7. The zero-order valence-corrected chi connectivity index (χ0v) is 11.1. The summed E-state index contributed by atoms with van der Waals surface area (Å²) in [7, 11) is 0. The summed E-state index contributed by atoms with van der Waals surface area (Å²) in [6.07, 6.45) is 5.05. The van der Waals surface area contributed by atoms with Crippen LogP contribution in [0, 0.1) is 0 Å². The monoisotopic (exact) mass is 247 g/mol. The lowest BCUT2D eigenvalue weighted by Crippen LogP contribution is -2.15. The summed E-state index contributed by atoms with van der Waals surface area (Å²) in [6.45, 7) is 3.71. The molecule has 1 aliphatic carbocycles. The summed E-state index contributed by atoms with van der Waals surface area (Å²) in [6, 6.07) is 8.15. The molecule has 0 radical (unpaired) electrons. The predicted molar refractivity (Wildman–Crippen MR) is 72.9 cm³/mol. The highest BCUT2D eigenvalue weighted by Gasteiger charge is 2.14. The number of carbonyl (C=O) groups excluding carboxylic acids is 1. The molecule has 1 saturated carbocycles. The first-order valence-electron chi connectivity index (χ1n) is 6.73. The Kier molecular flexibility index (Phi) is 4.24. The van der Waals surface area contributed by atoms with Gasteiger partial charge in [0.2, 0.25) is 0 Å². The van der Waals surface area contributed by atoms with Crippen LogP contribution in [-0.4, -0.2) is 18.1 Å². The maximum absolute atomic E-state index is 11.7. The van der Waals surface area contributed by atoms with E-state index in [2.05, 4.69) is 5.32 Å². The summed E-state index contributed by atoms with van der Waals surface area (Å²) >= 11 is 0. The first kappa shape index (κ1) is 12.9. The van der Waals surface area contributed by atoms with Gasteiger partial charge in [0.15, 0.2) is 0 Å². The Morgan fingerprint density at radius 2 is 1.83 bits per heavy atom. The molecule has 1 aromatic rings. The number of hydrogen-bond acceptors (Lipinski definition) is 3. The third kappa shape index (κ3) is 3.49. The summed E-state index contributed by atoms with van der Waals surface area (Å²) in [5.41, 5.74) is 1.70. The molecule has 1 fully saturated rings. The molecule has 1 aromatic carbocycles. The predicted octanol–water partition coefficient (Wildman–Crippen LogP) is 3.61. The van der Waals surface area contributed by atoms with E-state index in [0.29, 0.717) is 11.6 Å². The van der Waals surface area contributed by atoms with Crippen LogP contribution in [0.1, 0.15) is 49.9 Å². The second kappa shape index (κ2) is 5.89. The van der Waals surface area contributed by atoms with Crippen LogP contribution >= 0.6 is 0 Å². The molecule has 0 aliphatic heterocycles. The standard InChI is InChI=1S/C15H21NO2/c1-11(2)18-15(17)12-7-9-14(10-8-12)16-13-5-3-4-6-13/h7-11,13,16H,3-6H2,1-2H3. The van der Waals surface area contributed by atoms with Gasteiger partial charge in [0, 0.05) is 11.7 Å². The summed E-state index contributed by atoms with van der Waals surface area (Å²) in [5, 5.41) is 3.50. The fourth-order valence-electron chi connectivity index (χ4n) is 2.29. The maximum Gasteiger partial charge on any atom is 0.338 e. The Morgan fingerprint density at radius 3 is 2.39 bits per heavy atom. The van der Waals surface area contributed by atoms with E-state index < -0.39 is 0 Å². The number of hydrogen-bond donors (Lipinski definition) is 1. The number of benzene rings is 1. The molecule has 2 rings (SSSR count). The van der Waals surface area contributed by atoms with Crippen molar-refractivity contribution in [2.24, 2.45) is 0 Å². The van der Waals surface area contributed by atoms with Crippen LogP contribution in [0.4, 0.5) is 5.69 Å². The second-order valence-corrected chi connectivity index (χ2v) is 5.16. The van der Waals surface area contributed by atoms with E-state index in [4.69, 9.17) is 4.74 Å². The summed E-state index contributed by atoms with van der Waals surface area (Å²) in [5.74, 6) is -0.252. The van der Waals surface area contributed by atoms with Crippen molar-refractivity contribution in [2.75, 3.05) is 5.32 Å². The average molecular weight is 247 g/mol. The Hall–Kier alpha value is -1.51. The van der Waals surface area contributed by atoms with Gasteiger partial charge in [-0.1, -0.05) is 12.8 Å². The maximum atomic E-state index is 11.7. The van der Waals surface area contributed by atoms with E-state index >= 15 is 0 Å². The lowest BCUT2D eigenvalue weighted by molar-refractivity contribution is 0.0378. The number of nitrogens with one attached hydrogen (secondary N) is 1. The van der Waals surface area contributed by atoms with Crippen molar-refractivity contribution in [3.8, 4) is 0 Å². The largest absolute Gasteiger partial charge is 0.459 e. The van der Waals surface area contributed by atoms with Gasteiger partial charge in [-0.3, -0.25) is 0 Å². The molecule has 0 bridgehead atoms. The van der Waals surface area contributed by atoms with Crippen LogP contribution in [0.2, 0.25) is 0 Å². The highest BCUT2D eigenvalue weighted by molar-refractivity contribution is 5.89. The van der Waals surface area contributed by atoms with E-state index in [1.165, 1.54) is 25.7 Å². The first-order valence-corrected chi connectivity index (χ1v) is 6.73. The highest BCUT2D eigenvalue weighted by Crippen LogP contribution is 2.22. The fraction of sp³-hybridized carbons (Fsp3) is 0.533. The Morgan fingerprint density at radius 1 is 1.22 bits per heavy atom. The molecule has 0 heterocycles. The van der Waals surface area contributed by atoms with E-state index in [-0.39, 0.29) is 12.1 Å². The van der Waals surface area contributed by atoms with E-state index in [9.17, 15) is 4.79 Å². The molecule has 0 unspecified atom stereocenters. The number of ether oxygens (including phenoxy) is 1. The fourth-order valence-corrected chi connectivity index (χ4v) is 2.29. The number of rotatable bonds is 4. The molecule has 0 atom stereocenters. The lowest BCUT2D eigenvalue weighted by atomic mass is 10.2. The molecule has 18 heavy (non-hydrogen) atoms. The molecule has 98 valence electrons. The topological polar surface area (TPSA) is 38.3 Å². The first-order chi connectivity index (χ1) is 8.65. The van der Waals surface area contributed by atoms with Gasteiger partial charge in [0.05, 0.1) is 11.7 Å². The molecule has 0 amide bonds. The molecule has 1 aliphatic rings. The molecule has 3 heteroatoms. The third-order valence-electron chi connectivity index (χ3n) is 3.19. The van der Waals surface area contributed by atoms with Crippen molar-refractivity contribution in [1.82, 2.24) is 0 Å². The van der Waals surface area contributed by atoms with Crippen LogP contribution in [0.25, 0.3) is 0 Å². The zero-order valence-electron chi connectivity index (χ0n) is 11.1. The number of anilines is 1. The molecule has 0 spiro atoms. The number of carbonyl (C=O) groups is 1. The van der Waals surface area contributed by atoms with Gasteiger partial charge in [-0.05, 0) is 51.0 Å². The van der Waals surface area contributed by atoms with Crippen molar-refractivity contribution in [1.29, 1.82) is 0 Å². The Bertz CT molecular complexity index is 391. The normalized spacial score (nSPS) is 15.9. The van der Waals surface area contributed by atoms with Gasteiger partial charge in [-0.15, -0.1) is 0 Å². The van der Waals surface area contributed by atoms with Crippen molar-refractivity contribution < 1.29 is 9.53 Å². The zero-order chi connectivity index (χ0) is 13.0. The minimum absolute atomic E-state index is 0.0752. The molecule has 0 saturated heterocycles. The molecule has 0 aromatic heterocycles. The van der Waals surface area contributed by atoms with Crippen LogP contribution in [0.5, 0.6) is 0 Å². The lowest BCUT2D eigenvalue weighted by Gasteiger charge is -2.14. The third-order valence-corrected chi connectivity index (χ3v) is 3.19.